The second-order valence-electron chi connectivity index (χ2n) is 5.44. The Kier molecular flexibility index (Phi) is 4.67. The van der Waals surface area contributed by atoms with Gasteiger partial charge in [0, 0.05) is 4.90 Å². The molecule has 3 rings (SSSR count). The molecule has 3 aromatic rings. The number of amides is 1. The largest absolute Gasteiger partial charge is 0.345 e. The van der Waals surface area contributed by atoms with E-state index in [0.29, 0.717) is 0 Å². The summed E-state index contributed by atoms with van der Waals surface area (Å²) in [6.45, 7) is 3.86. The van der Waals surface area contributed by atoms with E-state index in [1.807, 2.05) is 68.4 Å². The Bertz CT molecular complexity index is 767. The van der Waals surface area contributed by atoms with E-state index in [1.165, 1.54) is 0 Å². The lowest BCUT2D eigenvalue weighted by Crippen LogP contribution is -2.33. The molecule has 0 saturated carbocycles. The Morgan fingerprint density at radius 2 is 1.78 bits per heavy atom. The molecule has 2 atom stereocenters. The molecule has 23 heavy (non-hydrogen) atoms. The van der Waals surface area contributed by atoms with Crippen LogP contribution in [0.5, 0.6) is 0 Å². The number of carbonyl (C=O) groups excluding carboxylic acids is 1. The summed E-state index contributed by atoms with van der Waals surface area (Å²) in [7, 11) is 0. The third-order valence-electron chi connectivity index (χ3n) is 3.60. The Hall–Kier alpha value is -2.27. The first-order valence-electron chi connectivity index (χ1n) is 7.60. The van der Waals surface area contributed by atoms with Gasteiger partial charge in [-0.2, -0.15) is 0 Å². The van der Waals surface area contributed by atoms with E-state index in [2.05, 4.69) is 15.3 Å². The summed E-state index contributed by atoms with van der Waals surface area (Å²) in [6, 6.07) is 17.6. The molecule has 0 saturated heterocycles. The number of hydrogen-bond donors (Lipinski definition) is 2. The summed E-state index contributed by atoms with van der Waals surface area (Å²) in [4.78, 5) is 21.3. The smallest absolute Gasteiger partial charge is 0.233 e. The van der Waals surface area contributed by atoms with Gasteiger partial charge in [0.25, 0.3) is 0 Å². The van der Waals surface area contributed by atoms with Crippen LogP contribution >= 0.6 is 11.8 Å². The van der Waals surface area contributed by atoms with Gasteiger partial charge in [0.2, 0.25) is 5.91 Å². The fraction of sp³-hybridized carbons (Fsp3) is 0.222. The van der Waals surface area contributed by atoms with E-state index >= 15 is 0 Å². The van der Waals surface area contributed by atoms with Crippen molar-refractivity contribution in [2.45, 2.75) is 30.0 Å². The predicted molar refractivity (Wildman–Crippen MR) is 94.4 cm³/mol. The van der Waals surface area contributed by atoms with Crippen molar-refractivity contribution >= 4 is 28.7 Å². The molecule has 118 valence electrons. The average Bonchev–Trinajstić information content (AvgIpc) is 3.00. The number of rotatable bonds is 5. The van der Waals surface area contributed by atoms with Crippen LogP contribution in [-0.4, -0.2) is 21.1 Å². The van der Waals surface area contributed by atoms with Crippen LogP contribution in [0.15, 0.2) is 59.5 Å². The summed E-state index contributed by atoms with van der Waals surface area (Å²) in [5.41, 5.74) is 1.89. The molecule has 0 aliphatic carbocycles. The SMILES string of the molecule is CC(Sc1ccccc1)C(=O)N[C@@H](C)c1nc2ccccc2[nH]1. The van der Waals surface area contributed by atoms with Gasteiger partial charge in [0.15, 0.2) is 0 Å². The Labute approximate surface area is 139 Å². The Morgan fingerprint density at radius 3 is 2.52 bits per heavy atom. The standard InChI is InChI=1S/C18H19N3OS/c1-12(17-20-15-10-6-7-11-16(15)21-17)19-18(22)13(2)23-14-8-4-3-5-9-14/h3-13H,1-2H3,(H,19,22)(H,20,21)/t12-,13?/m0/s1. The van der Waals surface area contributed by atoms with E-state index in [1.54, 1.807) is 11.8 Å². The van der Waals surface area contributed by atoms with E-state index in [9.17, 15) is 4.79 Å². The number of thioether (sulfide) groups is 1. The highest BCUT2D eigenvalue weighted by molar-refractivity contribution is 8.00. The highest BCUT2D eigenvalue weighted by Crippen LogP contribution is 2.23. The van der Waals surface area contributed by atoms with Gasteiger partial charge in [-0.05, 0) is 38.1 Å². The summed E-state index contributed by atoms with van der Waals surface area (Å²) >= 11 is 1.55. The third kappa shape index (κ3) is 3.74. The van der Waals surface area contributed by atoms with Crippen LogP contribution in [-0.2, 0) is 4.79 Å². The zero-order valence-electron chi connectivity index (χ0n) is 13.1. The topological polar surface area (TPSA) is 57.8 Å². The van der Waals surface area contributed by atoms with Crippen LogP contribution in [0.2, 0.25) is 0 Å². The van der Waals surface area contributed by atoms with Gasteiger partial charge in [-0.1, -0.05) is 30.3 Å². The number of H-pyrrole nitrogens is 1. The third-order valence-corrected chi connectivity index (χ3v) is 4.71. The fourth-order valence-corrected chi connectivity index (χ4v) is 3.23. The molecule has 0 fully saturated rings. The van der Waals surface area contributed by atoms with E-state index in [4.69, 9.17) is 0 Å². The molecule has 0 spiro atoms. The quantitative estimate of drug-likeness (QED) is 0.699. The maximum atomic E-state index is 12.4. The zero-order valence-corrected chi connectivity index (χ0v) is 13.9. The Balaban J connectivity index is 1.64. The molecule has 2 N–H and O–H groups in total. The highest BCUT2D eigenvalue weighted by atomic mass is 32.2. The first kappa shape index (κ1) is 15.6. The molecular formula is C18H19N3OS. The minimum atomic E-state index is -0.163. The minimum Gasteiger partial charge on any atom is -0.345 e. The second kappa shape index (κ2) is 6.87. The van der Waals surface area contributed by atoms with E-state index in [-0.39, 0.29) is 17.2 Å². The van der Waals surface area contributed by atoms with Gasteiger partial charge < -0.3 is 10.3 Å². The van der Waals surface area contributed by atoms with Gasteiger partial charge in [-0.15, -0.1) is 11.8 Å². The molecule has 5 heteroatoms. The summed E-state index contributed by atoms with van der Waals surface area (Å²) in [6.07, 6.45) is 0. The van der Waals surface area contributed by atoms with Crippen LogP contribution in [0, 0.1) is 0 Å². The molecule has 1 amide bonds. The number of carbonyl (C=O) groups is 1. The van der Waals surface area contributed by atoms with Crippen LogP contribution in [0.25, 0.3) is 11.0 Å². The van der Waals surface area contributed by atoms with Crippen molar-refractivity contribution in [1.82, 2.24) is 15.3 Å². The normalized spacial score (nSPS) is 13.7. The molecule has 2 aromatic carbocycles. The minimum absolute atomic E-state index is 0.00630. The first-order chi connectivity index (χ1) is 11.1. The molecule has 0 bridgehead atoms. The van der Waals surface area contributed by atoms with Crippen LogP contribution < -0.4 is 5.32 Å². The number of aromatic nitrogens is 2. The van der Waals surface area contributed by atoms with Gasteiger partial charge in [0.1, 0.15) is 5.82 Å². The van der Waals surface area contributed by atoms with Gasteiger partial charge >= 0.3 is 0 Å². The molecule has 0 aliphatic rings. The number of nitrogens with zero attached hydrogens (tertiary/aromatic N) is 1. The van der Waals surface area contributed by atoms with Crippen molar-refractivity contribution in [3.8, 4) is 0 Å². The number of fused-ring (bicyclic) bond motifs is 1. The number of nitrogens with one attached hydrogen (secondary N) is 2. The van der Waals surface area contributed by atoms with E-state index in [0.717, 1.165) is 21.8 Å². The summed E-state index contributed by atoms with van der Waals surface area (Å²) in [5, 5.41) is 2.86. The molecule has 0 radical (unpaired) electrons. The van der Waals surface area contributed by atoms with Crippen molar-refractivity contribution in [3.63, 3.8) is 0 Å². The number of benzene rings is 2. The fourth-order valence-electron chi connectivity index (χ4n) is 2.33. The number of aromatic amines is 1. The maximum absolute atomic E-state index is 12.4. The van der Waals surface area contributed by atoms with Crippen molar-refractivity contribution < 1.29 is 4.79 Å². The van der Waals surface area contributed by atoms with Crippen LogP contribution in [0.1, 0.15) is 25.7 Å². The van der Waals surface area contributed by atoms with Crippen LogP contribution in [0.3, 0.4) is 0 Å². The highest BCUT2D eigenvalue weighted by Gasteiger charge is 2.19. The molecule has 0 aliphatic heterocycles. The first-order valence-corrected chi connectivity index (χ1v) is 8.48. The van der Waals surface area contributed by atoms with Gasteiger partial charge in [-0.3, -0.25) is 4.79 Å². The van der Waals surface area contributed by atoms with Crippen molar-refractivity contribution in [1.29, 1.82) is 0 Å². The van der Waals surface area contributed by atoms with Gasteiger partial charge in [0.05, 0.1) is 22.3 Å². The number of imidazole rings is 1. The molecule has 4 nitrogen and oxygen atoms in total. The number of hydrogen-bond acceptors (Lipinski definition) is 3. The van der Waals surface area contributed by atoms with Gasteiger partial charge in [-0.25, -0.2) is 4.98 Å². The average molecular weight is 325 g/mol. The number of para-hydroxylation sites is 2. The maximum Gasteiger partial charge on any atom is 0.233 e. The van der Waals surface area contributed by atoms with Crippen molar-refractivity contribution in [2.24, 2.45) is 0 Å². The summed E-state index contributed by atoms with van der Waals surface area (Å²) < 4.78 is 0. The summed E-state index contributed by atoms with van der Waals surface area (Å²) in [5.74, 6) is 0.781. The second-order valence-corrected chi connectivity index (χ2v) is 6.86. The molecular weight excluding hydrogens is 306 g/mol. The molecule has 1 aromatic heterocycles. The molecule has 1 heterocycles. The molecule has 1 unspecified atom stereocenters. The van der Waals surface area contributed by atoms with Crippen LogP contribution in [0.4, 0.5) is 0 Å². The Morgan fingerprint density at radius 1 is 1.09 bits per heavy atom. The van der Waals surface area contributed by atoms with Crippen molar-refractivity contribution in [3.05, 3.63) is 60.4 Å². The monoisotopic (exact) mass is 325 g/mol. The van der Waals surface area contributed by atoms with Crippen molar-refractivity contribution in [2.75, 3.05) is 0 Å². The lowest BCUT2D eigenvalue weighted by molar-refractivity contribution is -0.121. The lowest BCUT2D eigenvalue weighted by Gasteiger charge is -2.15. The zero-order chi connectivity index (χ0) is 16.2. The van der Waals surface area contributed by atoms with E-state index < -0.39 is 0 Å². The predicted octanol–water partition coefficient (Wildman–Crippen LogP) is 3.92. The lowest BCUT2D eigenvalue weighted by atomic mass is 10.3.